The van der Waals surface area contributed by atoms with Crippen LogP contribution in [0, 0.1) is 0 Å². The molecule has 1 aliphatic rings. The molecule has 1 aliphatic carbocycles. The zero-order chi connectivity index (χ0) is 8.39. The van der Waals surface area contributed by atoms with Gasteiger partial charge in [0.25, 0.3) is 0 Å². The maximum Gasteiger partial charge on any atom is 0.200 e. The number of hydrogen-bond acceptors (Lipinski definition) is 2. The van der Waals surface area contributed by atoms with E-state index in [4.69, 9.17) is 0 Å². The van der Waals surface area contributed by atoms with Gasteiger partial charge >= 0.3 is 0 Å². The molecular weight excluding hydrogens is 150 g/mol. The quantitative estimate of drug-likeness (QED) is 0.704. The maximum absolute atomic E-state index is 4.21. The molecule has 1 aromatic rings. The van der Waals surface area contributed by atoms with Crippen molar-refractivity contribution in [3.05, 3.63) is 11.9 Å². The largest absolute Gasteiger partial charge is 0.359 e. The average Bonchev–Trinajstić information content (AvgIpc) is 2.75. The lowest BCUT2D eigenvalue weighted by molar-refractivity contribution is 0.703. The Morgan fingerprint density at radius 1 is 1.50 bits per heavy atom. The molecule has 1 aromatic heterocycles. The Kier molecular flexibility index (Phi) is 2.02. The molecule has 0 radical (unpaired) electrons. The van der Waals surface area contributed by atoms with Gasteiger partial charge < -0.3 is 10.3 Å². The molecule has 66 valence electrons. The van der Waals surface area contributed by atoms with Crippen molar-refractivity contribution in [2.24, 2.45) is 0 Å². The summed E-state index contributed by atoms with van der Waals surface area (Å²) in [5.74, 6) is 1.62. The number of rotatable bonds is 2. The fraction of sp³-hybridized carbons (Fsp3) is 0.667. The molecule has 1 heterocycles. The van der Waals surface area contributed by atoms with Crippen molar-refractivity contribution in [1.29, 1.82) is 0 Å². The zero-order valence-electron chi connectivity index (χ0n) is 7.43. The van der Waals surface area contributed by atoms with Gasteiger partial charge in [0, 0.05) is 18.7 Å². The van der Waals surface area contributed by atoms with Gasteiger partial charge in [-0.1, -0.05) is 12.8 Å². The lowest BCUT2D eigenvalue weighted by Crippen LogP contribution is -1.93. The van der Waals surface area contributed by atoms with E-state index in [2.05, 4.69) is 15.3 Å². The van der Waals surface area contributed by atoms with Gasteiger partial charge in [-0.3, -0.25) is 0 Å². The van der Waals surface area contributed by atoms with Crippen LogP contribution in [0.2, 0.25) is 0 Å². The Hall–Kier alpha value is -0.990. The summed E-state index contributed by atoms with van der Waals surface area (Å²) in [7, 11) is 1.89. The molecule has 0 aromatic carbocycles. The summed E-state index contributed by atoms with van der Waals surface area (Å²) in [5, 5.41) is 3.00. The molecule has 3 heteroatoms. The topological polar surface area (TPSA) is 40.7 Å². The van der Waals surface area contributed by atoms with Crippen LogP contribution in [0.5, 0.6) is 0 Å². The normalized spacial score (nSPS) is 18.4. The zero-order valence-corrected chi connectivity index (χ0v) is 7.43. The van der Waals surface area contributed by atoms with Crippen LogP contribution in [-0.2, 0) is 0 Å². The molecule has 1 saturated carbocycles. The van der Waals surface area contributed by atoms with Crippen LogP contribution < -0.4 is 5.32 Å². The van der Waals surface area contributed by atoms with E-state index in [1.165, 1.54) is 31.4 Å². The van der Waals surface area contributed by atoms with Crippen LogP contribution >= 0.6 is 0 Å². The van der Waals surface area contributed by atoms with Gasteiger partial charge in [0.1, 0.15) is 0 Å². The van der Waals surface area contributed by atoms with Gasteiger partial charge in [-0.2, -0.15) is 0 Å². The van der Waals surface area contributed by atoms with E-state index in [0.717, 1.165) is 11.9 Å². The first kappa shape index (κ1) is 7.65. The SMILES string of the molecule is CNc1ncc(C2CCCC2)[nH]1. The number of H-pyrrole nitrogens is 1. The molecule has 0 amide bonds. The second-order valence-corrected chi connectivity index (χ2v) is 3.42. The first-order valence-electron chi connectivity index (χ1n) is 4.63. The highest BCUT2D eigenvalue weighted by molar-refractivity contribution is 5.26. The molecule has 0 unspecified atom stereocenters. The highest BCUT2D eigenvalue weighted by atomic mass is 15.1. The number of anilines is 1. The van der Waals surface area contributed by atoms with Crippen molar-refractivity contribution < 1.29 is 0 Å². The third kappa shape index (κ3) is 1.31. The second kappa shape index (κ2) is 3.17. The van der Waals surface area contributed by atoms with Crippen LogP contribution in [-0.4, -0.2) is 17.0 Å². The molecule has 0 saturated heterocycles. The summed E-state index contributed by atoms with van der Waals surface area (Å²) in [4.78, 5) is 7.50. The smallest absolute Gasteiger partial charge is 0.200 e. The highest BCUT2D eigenvalue weighted by Crippen LogP contribution is 2.33. The minimum absolute atomic E-state index is 0.736. The van der Waals surface area contributed by atoms with Crippen molar-refractivity contribution in [2.75, 3.05) is 12.4 Å². The number of imidazole rings is 1. The van der Waals surface area contributed by atoms with E-state index in [-0.39, 0.29) is 0 Å². The number of nitrogens with zero attached hydrogens (tertiary/aromatic N) is 1. The molecule has 0 spiro atoms. The standard InChI is InChI=1S/C9H15N3/c1-10-9-11-6-8(12-9)7-4-2-3-5-7/h6-7H,2-5H2,1H3,(H2,10,11,12). The van der Waals surface area contributed by atoms with E-state index in [0.29, 0.717) is 0 Å². The van der Waals surface area contributed by atoms with Gasteiger partial charge in [0.2, 0.25) is 0 Å². The summed E-state index contributed by atoms with van der Waals surface area (Å²) in [6.45, 7) is 0. The van der Waals surface area contributed by atoms with Crippen molar-refractivity contribution in [2.45, 2.75) is 31.6 Å². The van der Waals surface area contributed by atoms with Gasteiger partial charge in [-0.05, 0) is 12.8 Å². The first-order chi connectivity index (χ1) is 5.90. The Balaban J connectivity index is 2.11. The van der Waals surface area contributed by atoms with E-state index in [9.17, 15) is 0 Å². The van der Waals surface area contributed by atoms with Crippen LogP contribution in [0.15, 0.2) is 6.20 Å². The first-order valence-corrected chi connectivity index (χ1v) is 4.63. The minimum Gasteiger partial charge on any atom is -0.359 e. The molecule has 0 atom stereocenters. The molecule has 1 fully saturated rings. The Bertz CT molecular complexity index is 248. The second-order valence-electron chi connectivity index (χ2n) is 3.42. The van der Waals surface area contributed by atoms with Crippen molar-refractivity contribution >= 4 is 5.95 Å². The van der Waals surface area contributed by atoms with Gasteiger partial charge in [0.15, 0.2) is 5.95 Å². The number of nitrogens with one attached hydrogen (secondary N) is 2. The molecule has 0 aliphatic heterocycles. The van der Waals surface area contributed by atoms with Crippen molar-refractivity contribution in [3.8, 4) is 0 Å². The summed E-state index contributed by atoms with van der Waals surface area (Å²) in [6.07, 6.45) is 7.36. The average molecular weight is 165 g/mol. The van der Waals surface area contributed by atoms with E-state index in [1.807, 2.05) is 13.2 Å². The third-order valence-electron chi connectivity index (χ3n) is 2.63. The summed E-state index contributed by atoms with van der Waals surface area (Å²) in [6, 6.07) is 0. The van der Waals surface area contributed by atoms with Gasteiger partial charge in [-0.15, -0.1) is 0 Å². The minimum atomic E-state index is 0.736. The number of hydrogen-bond donors (Lipinski definition) is 2. The van der Waals surface area contributed by atoms with E-state index in [1.54, 1.807) is 0 Å². The fourth-order valence-corrected chi connectivity index (χ4v) is 1.91. The molecule has 0 bridgehead atoms. The third-order valence-corrected chi connectivity index (χ3v) is 2.63. The van der Waals surface area contributed by atoms with Crippen LogP contribution in [0.4, 0.5) is 5.95 Å². The van der Waals surface area contributed by atoms with Crippen LogP contribution in [0.25, 0.3) is 0 Å². The Labute approximate surface area is 72.6 Å². The predicted octanol–water partition coefficient (Wildman–Crippen LogP) is 2.11. The van der Waals surface area contributed by atoms with E-state index < -0.39 is 0 Å². The number of aromatic nitrogens is 2. The van der Waals surface area contributed by atoms with Crippen LogP contribution in [0.1, 0.15) is 37.3 Å². The highest BCUT2D eigenvalue weighted by Gasteiger charge is 2.18. The van der Waals surface area contributed by atoms with Crippen molar-refractivity contribution in [3.63, 3.8) is 0 Å². The summed E-state index contributed by atoms with van der Waals surface area (Å²) < 4.78 is 0. The Morgan fingerprint density at radius 3 is 2.83 bits per heavy atom. The fourth-order valence-electron chi connectivity index (χ4n) is 1.91. The van der Waals surface area contributed by atoms with Crippen molar-refractivity contribution in [1.82, 2.24) is 9.97 Å². The van der Waals surface area contributed by atoms with Gasteiger partial charge in [-0.25, -0.2) is 4.98 Å². The van der Waals surface area contributed by atoms with E-state index >= 15 is 0 Å². The lowest BCUT2D eigenvalue weighted by atomic mass is 10.1. The summed E-state index contributed by atoms with van der Waals surface area (Å²) in [5.41, 5.74) is 1.30. The predicted molar refractivity (Wildman–Crippen MR) is 49.3 cm³/mol. The number of aromatic amines is 1. The molecule has 2 rings (SSSR count). The maximum atomic E-state index is 4.21. The monoisotopic (exact) mass is 165 g/mol. The molecule has 12 heavy (non-hydrogen) atoms. The Morgan fingerprint density at radius 2 is 2.25 bits per heavy atom. The molecule has 3 nitrogen and oxygen atoms in total. The lowest BCUT2D eigenvalue weighted by Gasteiger charge is -2.03. The van der Waals surface area contributed by atoms with Crippen LogP contribution in [0.3, 0.4) is 0 Å². The summed E-state index contributed by atoms with van der Waals surface area (Å²) >= 11 is 0. The molecular formula is C9H15N3. The molecule has 2 N–H and O–H groups in total. The van der Waals surface area contributed by atoms with Gasteiger partial charge in [0.05, 0.1) is 6.20 Å².